The minimum Gasteiger partial charge on any atom is -0.339 e. The van der Waals surface area contributed by atoms with E-state index in [2.05, 4.69) is 16.0 Å². The number of para-hydroxylation sites is 1. The predicted octanol–water partition coefficient (Wildman–Crippen LogP) is 1.55. The summed E-state index contributed by atoms with van der Waals surface area (Å²) in [6.45, 7) is 3.24. The predicted molar refractivity (Wildman–Crippen MR) is 89.2 cm³/mol. The summed E-state index contributed by atoms with van der Waals surface area (Å²) in [5, 5.41) is 9.02. The number of fused-ring (bicyclic) bond motifs is 2. The largest absolute Gasteiger partial charge is 0.339 e. The molecule has 23 heavy (non-hydrogen) atoms. The molecule has 3 amide bonds. The average molecular weight is 316 g/mol. The van der Waals surface area contributed by atoms with Gasteiger partial charge in [-0.2, -0.15) is 0 Å². The summed E-state index contributed by atoms with van der Waals surface area (Å²) in [4.78, 5) is 26.5. The lowest BCUT2D eigenvalue weighted by Crippen LogP contribution is -2.50. The average Bonchev–Trinajstić information content (AvgIpc) is 2.86. The fourth-order valence-corrected chi connectivity index (χ4v) is 3.36. The van der Waals surface area contributed by atoms with Crippen LogP contribution in [0.5, 0.6) is 0 Å². The van der Waals surface area contributed by atoms with Gasteiger partial charge in [-0.3, -0.25) is 4.79 Å². The topological polar surface area (TPSA) is 73.5 Å². The molecule has 3 rings (SSSR count). The molecule has 0 spiro atoms. The lowest BCUT2D eigenvalue weighted by Gasteiger charge is -2.27. The lowest BCUT2D eigenvalue weighted by molar-refractivity contribution is -0.133. The first kappa shape index (κ1) is 15.8. The van der Waals surface area contributed by atoms with Crippen LogP contribution in [-0.2, 0) is 4.79 Å². The van der Waals surface area contributed by atoms with Crippen LogP contribution >= 0.6 is 0 Å². The van der Waals surface area contributed by atoms with E-state index in [9.17, 15) is 9.59 Å². The van der Waals surface area contributed by atoms with Gasteiger partial charge in [0.1, 0.15) is 6.04 Å². The van der Waals surface area contributed by atoms with E-state index in [1.54, 1.807) is 6.92 Å². The maximum Gasteiger partial charge on any atom is 0.319 e. The number of nitrogens with one attached hydrogen (secondary N) is 3. The first-order chi connectivity index (χ1) is 11.1. The van der Waals surface area contributed by atoms with Gasteiger partial charge in [0, 0.05) is 30.9 Å². The smallest absolute Gasteiger partial charge is 0.319 e. The highest BCUT2D eigenvalue weighted by atomic mass is 16.2. The van der Waals surface area contributed by atoms with Gasteiger partial charge in [0.15, 0.2) is 0 Å². The molecule has 0 aliphatic carbocycles. The Morgan fingerprint density at radius 1 is 1.17 bits per heavy atom. The first-order valence-electron chi connectivity index (χ1n) is 8.29. The van der Waals surface area contributed by atoms with Crippen molar-refractivity contribution in [2.45, 2.75) is 44.3 Å². The van der Waals surface area contributed by atoms with Crippen LogP contribution in [0, 0.1) is 0 Å². The van der Waals surface area contributed by atoms with Gasteiger partial charge in [0.25, 0.3) is 0 Å². The van der Waals surface area contributed by atoms with Crippen LogP contribution in [0.2, 0.25) is 0 Å². The van der Waals surface area contributed by atoms with Crippen molar-refractivity contribution in [1.82, 2.24) is 15.5 Å². The van der Waals surface area contributed by atoms with Gasteiger partial charge in [0.2, 0.25) is 5.91 Å². The minimum absolute atomic E-state index is 0.0115. The van der Waals surface area contributed by atoms with Gasteiger partial charge >= 0.3 is 6.03 Å². The van der Waals surface area contributed by atoms with E-state index < -0.39 is 6.04 Å². The van der Waals surface area contributed by atoms with Crippen LogP contribution in [0.3, 0.4) is 0 Å². The van der Waals surface area contributed by atoms with Crippen LogP contribution in [0.15, 0.2) is 30.3 Å². The molecule has 0 aromatic heterocycles. The quantitative estimate of drug-likeness (QED) is 0.792. The minimum atomic E-state index is -0.532. The van der Waals surface area contributed by atoms with Crippen LogP contribution in [0.1, 0.15) is 26.2 Å². The zero-order valence-electron chi connectivity index (χ0n) is 13.4. The lowest BCUT2D eigenvalue weighted by atomic mass is 10.1. The molecule has 2 saturated heterocycles. The number of nitrogens with zero attached hydrogens (tertiary/aromatic N) is 1. The van der Waals surface area contributed by atoms with E-state index in [-0.39, 0.29) is 11.9 Å². The monoisotopic (exact) mass is 316 g/mol. The van der Waals surface area contributed by atoms with Gasteiger partial charge in [-0.15, -0.1) is 0 Å². The van der Waals surface area contributed by atoms with Crippen LogP contribution in [-0.4, -0.2) is 48.1 Å². The Morgan fingerprint density at radius 2 is 1.91 bits per heavy atom. The molecule has 0 saturated carbocycles. The van der Waals surface area contributed by atoms with E-state index in [0.29, 0.717) is 17.8 Å². The third-order valence-electron chi connectivity index (χ3n) is 4.58. The van der Waals surface area contributed by atoms with E-state index in [1.807, 2.05) is 35.2 Å². The normalized spacial score (nSPS) is 24.7. The van der Waals surface area contributed by atoms with E-state index in [1.165, 1.54) is 6.42 Å². The van der Waals surface area contributed by atoms with Crippen molar-refractivity contribution < 1.29 is 9.59 Å². The standard InChI is InChI=1S/C17H24N4O2/c1-12(18-17(23)20-13-5-3-2-4-6-13)16(22)21-10-9-14-7-8-15(11-21)19-14/h2-6,12,14-15,19H,7-11H2,1H3,(H2,18,20,23). The maximum atomic E-state index is 12.6. The summed E-state index contributed by atoms with van der Waals surface area (Å²) in [6, 6.07) is 9.26. The second kappa shape index (κ2) is 7.00. The summed E-state index contributed by atoms with van der Waals surface area (Å²) in [6.07, 6.45) is 3.33. The van der Waals surface area contributed by atoms with Gasteiger partial charge in [-0.05, 0) is 38.3 Å². The van der Waals surface area contributed by atoms with Crippen molar-refractivity contribution in [2.75, 3.05) is 18.4 Å². The Bertz CT molecular complexity index is 563. The number of hydrogen-bond acceptors (Lipinski definition) is 3. The Balaban J connectivity index is 1.52. The molecule has 2 heterocycles. The van der Waals surface area contributed by atoms with Crippen molar-refractivity contribution in [2.24, 2.45) is 0 Å². The van der Waals surface area contributed by atoms with E-state index >= 15 is 0 Å². The molecule has 3 unspecified atom stereocenters. The zero-order chi connectivity index (χ0) is 16.2. The van der Waals surface area contributed by atoms with Crippen molar-refractivity contribution in [3.05, 3.63) is 30.3 Å². The fourth-order valence-electron chi connectivity index (χ4n) is 3.36. The van der Waals surface area contributed by atoms with Crippen LogP contribution < -0.4 is 16.0 Å². The second-order valence-corrected chi connectivity index (χ2v) is 6.40. The van der Waals surface area contributed by atoms with Gasteiger partial charge in [-0.25, -0.2) is 4.79 Å². The maximum absolute atomic E-state index is 12.6. The number of likely N-dealkylation sites (tertiary alicyclic amines) is 1. The third-order valence-corrected chi connectivity index (χ3v) is 4.58. The summed E-state index contributed by atoms with van der Waals surface area (Å²) in [5.41, 5.74) is 0.709. The first-order valence-corrected chi connectivity index (χ1v) is 8.29. The molecule has 124 valence electrons. The molecule has 1 aromatic rings. The molecule has 3 atom stereocenters. The molecule has 2 aliphatic heterocycles. The molecular weight excluding hydrogens is 292 g/mol. The second-order valence-electron chi connectivity index (χ2n) is 6.40. The number of anilines is 1. The number of urea groups is 1. The van der Waals surface area contributed by atoms with Crippen LogP contribution in [0.25, 0.3) is 0 Å². The molecule has 2 aliphatic rings. The zero-order valence-corrected chi connectivity index (χ0v) is 13.4. The molecule has 1 aromatic carbocycles. The number of carbonyl (C=O) groups excluding carboxylic acids is 2. The number of benzene rings is 1. The van der Waals surface area contributed by atoms with Crippen LogP contribution in [0.4, 0.5) is 10.5 Å². The third kappa shape index (κ3) is 4.01. The number of amides is 3. The fraction of sp³-hybridized carbons (Fsp3) is 0.529. The Labute approximate surface area is 136 Å². The van der Waals surface area contributed by atoms with Crippen molar-refractivity contribution in [3.63, 3.8) is 0 Å². The summed E-state index contributed by atoms with van der Waals surface area (Å²) < 4.78 is 0. The van der Waals surface area contributed by atoms with Gasteiger partial charge in [-0.1, -0.05) is 18.2 Å². The van der Waals surface area contributed by atoms with E-state index in [4.69, 9.17) is 0 Å². The Morgan fingerprint density at radius 3 is 2.70 bits per heavy atom. The summed E-state index contributed by atoms with van der Waals surface area (Å²) in [7, 11) is 0. The number of carbonyl (C=O) groups is 2. The van der Waals surface area contributed by atoms with Crippen molar-refractivity contribution in [3.8, 4) is 0 Å². The summed E-state index contributed by atoms with van der Waals surface area (Å²) >= 11 is 0. The molecule has 3 N–H and O–H groups in total. The highest BCUT2D eigenvalue weighted by molar-refractivity contribution is 5.93. The number of rotatable bonds is 3. The van der Waals surface area contributed by atoms with Crippen molar-refractivity contribution >= 4 is 17.6 Å². The highest BCUT2D eigenvalue weighted by Crippen LogP contribution is 2.20. The van der Waals surface area contributed by atoms with Gasteiger partial charge < -0.3 is 20.9 Å². The van der Waals surface area contributed by atoms with E-state index in [0.717, 1.165) is 25.9 Å². The van der Waals surface area contributed by atoms with Gasteiger partial charge in [0.05, 0.1) is 0 Å². The Kier molecular flexibility index (Phi) is 4.81. The molecule has 6 nitrogen and oxygen atoms in total. The molecule has 6 heteroatoms. The molecule has 2 bridgehead atoms. The summed E-state index contributed by atoms with van der Waals surface area (Å²) in [5.74, 6) is -0.0115. The molecule has 2 fully saturated rings. The Hall–Kier alpha value is -2.08. The molecular formula is C17H24N4O2. The molecule has 0 radical (unpaired) electrons. The highest BCUT2D eigenvalue weighted by Gasteiger charge is 2.32. The SMILES string of the molecule is CC(NC(=O)Nc1ccccc1)C(=O)N1CCC2CCC(C1)N2. The number of hydrogen-bond donors (Lipinski definition) is 3. The van der Waals surface area contributed by atoms with Crippen molar-refractivity contribution in [1.29, 1.82) is 0 Å².